The molecule has 0 aromatic carbocycles. The van der Waals surface area contributed by atoms with E-state index in [-0.39, 0.29) is 0 Å². The SMILES string of the molecule is CCOC(C)C(=O)OOC. The molecule has 0 aliphatic carbocycles. The van der Waals surface area contributed by atoms with E-state index < -0.39 is 12.1 Å². The molecule has 4 heteroatoms. The fourth-order valence-electron chi connectivity index (χ4n) is 0.468. The summed E-state index contributed by atoms with van der Waals surface area (Å²) in [4.78, 5) is 19.0. The molecular weight excluding hydrogens is 136 g/mol. The van der Waals surface area contributed by atoms with Gasteiger partial charge in [-0.25, -0.2) is 4.79 Å². The van der Waals surface area contributed by atoms with Crippen molar-refractivity contribution in [2.45, 2.75) is 20.0 Å². The highest BCUT2D eigenvalue weighted by molar-refractivity contribution is 5.73. The van der Waals surface area contributed by atoms with E-state index in [2.05, 4.69) is 9.78 Å². The summed E-state index contributed by atoms with van der Waals surface area (Å²) in [5.41, 5.74) is 0. The summed E-state index contributed by atoms with van der Waals surface area (Å²) in [6.07, 6.45) is -0.551. The van der Waals surface area contributed by atoms with Crippen LogP contribution in [0.3, 0.4) is 0 Å². The van der Waals surface area contributed by atoms with Gasteiger partial charge in [0.05, 0.1) is 7.11 Å². The zero-order valence-corrected chi connectivity index (χ0v) is 6.42. The van der Waals surface area contributed by atoms with E-state index in [4.69, 9.17) is 4.74 Å². The summed E-state index contributed by atoms with van der Waals surface area (Å²) in [6, 6.07) is 0. The Labute approximate surface area is 60.0 Å². The molecule has 1 atom stereocenters. The first-order chi connectivity index (χ1) is 4.72. The van der Waals surface area contributed by atoms with Crippen LogP contribution in [0.5, 0.6) is 0 Å². The van der Waals surface area contributed by atoms with Gasteiger partial charge >= 0.3 is 5.97 Å². The van der Waals surface area contributed by atoms with Crippen molar-refractivity contribution in [2.75, 3.05) is 13.7 Å². The van der Waals surface area contributed by atoms with Crippen molar-refractivity contribution in [3.05, 3.63) is 0 Å². The molecule has 0 rings (SSSR count). The molecule has 60 valence electrons. The molecule has 10 heavy (non-hydrogen) atoms. The van der Waals surface area contributed by atoms with Crippen molar-refractivity contribution in [3.63, 3.8) is 0 Å². The van der Waals surface area contributed by atoms with Crippen LogP contribution in [0.4, 0.5) is 0 Å². The molecule has 0 saturated carbocycles. The van der Waals surface area contributed by atoms with E-state index in [0.29, 0.717) is 6.61 Å². The summed E-state index contributed by atoms with van der Waals surface area (Å²) in [5.74, 6) is -0.510. The minimum absolute atomic E-state index is 0.486. The maximum Gasteiger partial charge on any atom is 0.370 e. The van der Waals surface area contributed by atoms with E-state index in [1.165, 1.54) is 7.11 Å². The maximum absolute atomic E-state index is 10.7. The summed E-state index contributed by atoms with van der Waals surface area (Å²) in [7, 11) is 1.27. The Kier molecular flexibility index (Phi) is 4.88. The summed E-state index contributed by atoms with van der Waals surface area (Å²) in [5, 5.41) is 0. The van der Waals surface area contributed by atoms with E-state index in [1.807, 2.05) is 0 Å². The fraction of sp³-hybridized carbons (Fsp3) is 0.833. The average molecular weight is 148 g/mol. The van der Waals surface area contributed by atoms with Crippen molar-refractivity contribution in [1.29, 1.82) is 0 Å². The molecule has 0 amide bonds. The van der Waals surface area contributed by atoms with E-state index in [0.717, 1.165) is 0 Å². The number of hydrogen-bond acceptors (Lipinski definition) is 4. The number of rotatable bonds is 4. The van der Waals surface area contributed by atoms with Crippen LogP contribution in [-0.2, 0) is 19.3 Å². The highest BCUT2D eigenvalue weighted by Gasteiger charge is 2.14. The maximum atomic E-state index is 10.7. The lowest BCUT2D eigenvalue weighted by molar-refractivity contribution is -0.262. The van der Waals surface area contributed by atoms with Crippen LogP contribution in [0, 0.1) is 0 Å². The van der Waals surface area contributed by atoms with Gasteiger partial charge in [0.25, 0.3) is 0 Å². The van der Waals surface area contributed by atoms with Gasteiger partial charge in [-0.05, 0) is 13.8 Å². The molecule has 0 spiro atoms. The Balaban J connectivity index is 3.49. The molecule has 0 aromatic rings. The largest absolute Gasteiger partial charge is 0.370 e. The summed E-state index contributed by atoms with van der Waals surface area (Å²) < 4.78 is 4.90. The van der Waals surface area contributed by atoms with Crippen LogP contribution in [0.1, 0.15) is 13.8 Å². The van der Waals surface area contributed by atoms with Gasteiger partial charge < -0.3 is 4.74 Å². The molecule has 4 nitrogen and oxygen atoms in total. The van der Waals surface area contributed by atoms with Gasteiger partial charge in [-0.15, -0.1) is 0 Å². The minimum atomic E-state index is -0.551. The smallest absolute Gasteiger partial charge is 0.367 e. The van der Waals surface area contributed by atoms with Crippen molar-refractivity contribution in [2.24, 2.45) is 0 Å². The molecule has 1 unspecified atom stereocenters. The summed E-state index contributed by atoms with van der Waals surface area (Å²) >= 11 is 0. The van der Waals surface area contributed by atoms with Gasteiger partial charge in [0.15, 0.2) is 6.10 Å². The third kappa shape index (κ3) is 3.42. The van der Waals surface area contributed by atoms with E-state index >= 15 is 0 Å². The molecular formula is C6H12O4. The van der Waals surface area contributed by atoms with Crippen LogP contribution < -0.4 is 0 Å². The third-order valence-electron chi connectivity index (χ3n) is 0.914. The van der Waals surface area contributed by atoms with Crippen molar-refractivity contribution < 1.29 is 19.3 Å². The predicted molar refractivity (Wildman–Crippen MR) is 34.2 cm³/mol. The first-order valence-corrected chi connectivity index (χ1v) is 3.08. The lowest BCUT2D eigenvalue weighted by Gasteiger charge is -2.07. The highest BCUT2D eigenvalue weighted by atomic mass is 17.2. The van der Waals surface area contributed by atoms with Crippen molar-refractivity contribution in [3.8, 4) is 0 Å². The van der Waals surface area contributed by atoms with Gasteiger partial charge in [0.1, 0.15) is 0 Å². The highest BCUT2D eigenvalue weighted by Crippen LogP contribution is 1.93. The molecule has 0 aliphatic rings. The number of carbonyl (C=O) groups is 1. The lowest BCUT2D eigenvalue weighted by Crippen LogP contribution is -2.22. The van der Waals surface area contributed by atoms with Gasteiger partial charge in [-0.3, -0.25) is 4.89 Å². The molecule has 0 saturated heterocycles. The molecule has 0 heterocycles. The second-order valence-electron chi connectivity index (χ2n) is 1.67. The molecule has 0 N–H and O–H groups in total. The fourth-order valence-corrected chi connectivity index (χ4v) is 0.468. The first kappa shape index (κ1) is 9.39. The van der Waals surface area contributed by atoms with Crippen LogP contribution in [0.2, 0.25) is 0 Å². The molecule has 0 aromatic heterocycles. The Bertz CT molecular complexity index is 102. The molecule has 0 bridgehead atoms. The second-order valence-corrected chi connectivity index (χ2v) is 1.67. The standard InChI is InChI=1S/C6H12O4/c1-4-9-5(2)6(7)10-8-3/h5H,4H2,1-3H3. The number of carbonyl (C=O) groups excluding carboxylic acids is 1. The number of hydrogen-bond donors (Lipinski definition) is 0. The van der Waals surface area contributed by atoms with Crippen LogP contribution in [-0.4, -0.2) is 25.8 Å². The monoisotopic (exact) mass is 148 g/mol. The van der Waals surface area contributed by atoms with Crippen molar-refractivity contribution >= 4 is 5.97 Å². The quantitative estimate of drug-likeness (QED) is 0.430. The summed E-state index contributed by atoms with van der Waals surface area (Å²) in [6.45, 7) is 3.89. The van der Waals surface area contributed by atoms with Gasteiger partial charge in [0, 0.05) is 6.61 Å². The molecule has 0 fully saturated rings. The topological polar surface area (TPSA) is 44.8 Å². The molecule has 0 aliphatic heterocycles. The van der Waals surface area contributed by atoms with Crippen LogP contribution in [0.15, 0.2) is 0 Å². The third-order valence-corrected chi connectivity index (χ3v) is 0.914. The van der Waals surface area contributed by atoms with Crippen LogP contribution in [0.25, 0.3) is 0 Å². The Morgan fingerprint density at radius 3 is 2.60 bits per heavy atom. The Hall–Kier alpha value is -0.610. The average Bonchev–Trinajstić information content (AvgIpc) is 1.89. The zero-order chi connectivity index (χ0) is 7.98. The van der Waals surface area contributed by atoms with Gasteiger partial charge in [0.2, 0.25) is 0 Å². The minimum Gasteiger partial charge on any atom is -0.367 e. The molecule has 0 radical (unpaired) electrons. The Morgan fingerprint density at radius 2 is 2.20 bits per heavy atom. The second kappa shape index (κ2) is 5.20. The van der Waals surface area contributed by atoms with E-state index in [1.54, 1.807) is 13.8 Å². The zero-order valence-electron chi connectivity index (χ0n) is 6.42. The van der Waals surface area contributed by atoms with Crippen molar-refractivity contribution in [1.82, 2.24) is 0 Å². The lowest BCUT2D eigenvalue weighted by atomic mass is 10.4. The number of ether oxygens (including phenoxy) is 1. The van der Waals surface area contributed by atoms with Gasteiger partial charge in [-0.2, -0.15) is 4.89 Å². The normalized spacial score (nSPS) is 12.7. The predicted octanol–water partition coefficient (Wildman–Crippen LogP) is 0.516. The van der Waals surface area contributed by atoms with Gasteiger partial charge in [-0.1, -0.05) is 0 Å². The Morgan fingerprint density at radius 1 is 1.60 bits per heavy atom. The van der Waals surface area contributed by atoms with Crippen LogP contribution >= 0.6 is 0 Å². The van der Waals surface area contributed by atoms with E-state index in [9.17, 15) is 4.79 Å². The first-order valence-electron chi connectivity index (χ1n) is 3.08.